The number of ether oxygens (including phenoxy) is 1. The van der Waals surface area contributed by atoms with Crippen LogP contribution in [0.5, 0.6) is 0 Å². The first-order valence-electron chi connectivity index (χ1n) is 10.3. The number of aliphatic hydroxyl groups excluding tert-OH is 4. The Hall–Kier alpha value is -0.720. The van der Waals surface area contributed by atoms with E-state index in [4.69, 9.17) is 4.74 Å². The fourth-order valence-corrected chi connectivity index (χ4v) is 6.75. The number of fused-ring (bicyclic) bond motifs is 2. The zero-order valence-corrected chi connectivity index (χ0v) is 16.7. The summed E-state index contributed by atoms with van der Waals surface area (Å²) in [4.78, 5) is 0. The Morgan fingerprint density at radius 3 is 2.56 bits per heavy atom. The van der Waals surface area contributed by atoms with Crippen molar-refractivity contribution in [2.75, 3.05) is 6.61 Å². The molecule has 4 rings (SSSR count). The molecular weight excluding hydrogens is 344 g/mol. The van der Waals surface area contributed by atoms with E-state index in [0.717, 1.165) is 25.7 Å². The van der Waals surface area contributed by atoms with Crippen molar-refractivity contribution in [3.05, 3.63) is 23.8 Å². The van der Waals surface area contributed by atoms with Gasteiger partial charge in [0.1, 0.15) is 30.0 Å². The molecule has 0 amide bonds. The van der Waals surface area contributed by atoms with Crippen LogP contribution in [0.15, 0.2) is 23.8 Å². The molecule has 27 heavy (non-hydrogen) atoms. The number of aliphatic hydroxyl groups is 4. The van der Waals surface area contributed by atoms with Gasteiger partial charge in [-0.2, -0.15) is 0 Å². The highest BCUT2D eigenvalue weighted by Gasteiger charge is 2.71. The van der Waals surface area contributed by atoms with E-state index < -0.39 is 30.0 Å². The summed E-state index contributed by atoms with van der Waals surface area (Å²) in [6.07, 6.45) is 3.37. The van der Waals surface area contributed by atoms with Gasteiger partial charge in [0.05, 0.1) is 0 Å². The molecule has 0 unspecified atom stereocenters. The monoisotopic (exact) mass is 378 g/mol. The molecule has 3 aliphatic carbocycles. The third-order valence-electron chi connectivity index (χ3n) is 8.62. The molecule has 0 spiro atoms. The Labute approximate surface area is 161 Å². The number of hydrogen-bond acceptors (Lipinski definition) is 5. The third-order valence-corrected chi connectivity index (χ3v) is 8.62. The standard InChI is InChI=1S/C22H34O5/c1-12-6-7-15-20(3,11-23)8-5-9-21(15,4)14(12)10-22-18(26)16(24)13(2)17(25)19(22)27-22/h6,14-19,23-26H,2,5,7-11H2,1,3-4H3/t14-,15-,16-,17+,18+,19-,20+,21+,22+/m1/s1. The lowest BCUT2D eigenvalue weighted by atomic mass is 9.47. The van der Waals surface area contributed by atoms with E-state index in [-0.39, 0.29) is 28.9 Å². The van der Waals surface area contributed by atoms with Crippen LogP contribution < -0.4 is 0 Å². The summed E-state index contributed by atoms with van der Waals surface area (Å²) in [5, 5.41) is 41.6. The van der Waals surface area contributed by atoms with Gasteiger partial charge in [-0.25, -0.2) is 0 Å². The minimum absolute atomic E-state index is 0.00386. The minimum atomic E-state index is -1.16. The Morgan fingerprint density at radius 2 is 1.89 bits per heavy atom. The van der Waals surface area contributed by atoms with Gasteiger partial charge >= 0.3 is 0 Å². The Balaban J connectivity index is 1.67. The maximum Gasteiger partial charge on any atom is 0.127 e. The average Bonchev–Trinajstić information content (AvgIpc) is 3.37. The van der Waals surface area contributed by atoms with Gasteiger partial charge in [0.2, 0.25) is 0 Å². The molecule has 152 valence electrons. The van der Waals surface area contributed by atoms with Crippen LogP contribution in [0.4, 0.5) is 0 Å². The van der Waals surface area contributed by atoms with Crippen molar-refractivity contribution in [1.82, 2.24) is 0 Å². The van der Waals surface area contributed by atoms with Crippen LogP contribution in [0.1, 0.15) is 52.9 Å². The van der Waals surface area contributed by atoms with Crippen LogP contribution in [0.25, 0.3) is 0 Å². The maximum atomic E-state index is 10.8. The summed E-state index contributed by atoms with van der Waals surface area (Å²) < 4.78 is 5.89. The van der Waals surface area contributed by atoms with Crippen LogP contribution in [-0.4, -0.2) is 57.0 Å². The molecule has 1 heterocycles. The van der Waals surface area contributed by atoms with Crippen LogP contribution >= 0.6 is 0 Å². The Morgan fingerprint density at radius 1 is 1.19 bits per heavy atom. The predicted octanol–water partition coefficient (Wildman–Crippen LogP) is 1.94. The van der Waals surface area contributed by atoms with Gasteiger partial charge in [0.25, 0.3) is 0 Å². The number of rotatable bonds is 3. The minimum Gasteiger partial charge on any atom is -0.396 e. The molecule has 1 saturated heterocycles. The highest BCUT2D eigenvalue weighted by Crippen LogP contribution is 2.63. The largest absolute Gasteiger partial charge is 0.396 e. The van der Waals surface area contributed by atoms with Crippen molar-refractivity contribution >= 4 is 0 Å². The first kappa shape index (κ1) is 19.6. The first-order valence-corrected chi connectivity index (χ1v) is 10.3. The molecule has 0 aromatic heterocycles. The van der Waals surface area contributed by atoms with Crippen molar-refractivity contribution in [2.24, 2.45) is 22.7 Å². The summed E-state index contributed by atoms with van der Waals surface area (Å²) in [7, 11) is 0. The fraction of sp³-hybridized carbons (Fsp3) is 0.818. The zero-order chi connectivity index (χ0) is 19.8. The number of allylic oxidation sites excluding steroid dienone is 2. The number of epoxide rings is 1. The summed E-state index contributed by atoms with van der Waals surface area (Å²) in [6, 6.07) is 0. The highest BCUT2D eigenvalue weighted by molar-refractivity contribution is 5.32. The van der Waals surface area contributed by atoms with Crippen molar-refractivity contribution in [3.63, 3.8) is 0 Å². The lowest BCUT2D eigenvalue weighted by Gasteiger charge is -2.58. The van der Waals surface area contributed by atoms with Crippen molar-refractivity contribution < 1.29 is 25.2 Å². The van der Waals surface area contributed by atoms with Gasteiger partial charge in [-0.15, -0.1) is 0 Å². The first-order chi connectivity index (χ1) is 12.6. The van der Waals surface area contributed by atoms with Crippen LogP contribution in [0, 0.1) is 22.7 Å². The molecule has 0 bridgehead atoms. The quantitative estimate of drug-likeness (QED) is 0.445. The predicted molar refractivity (Wildman–Crippen MR) is 102 cm³/mol. The molecule has 4 aliphatic rings. The number of hydrogen-bond donors (Lipinski definition) is 4. The van der Waals surface area contributed by atoms with E-state index in [1.807, 2.05) is 0 Å². The second kappa shape index (κ2) is 6.14. The smallest absolute Gasteiger partial charge is 0.127 e. The normalized spacial score (nSPS) is 54.8. The summed E-state index contributed by atoms with van der Waals surface area (Å²) in [6.45, 7) is 10.6. The lowest BCUT2D eigenvalue weighted by Crippen LogP contribution is -2.56. The topological polar surface area (TPSA) is 93.5 Å². The van der Waals surface area contributed by atoms with E-state index >= 15 is 0 Å². The second-order valence-corrected chi connectivity index (χ2v) is 10.1. The van der Waals surface area contributed by atoms with Crippen molar-refractivity contribution in [1.29, 1.82) is 0 Å². The molecule has 0 aromatic rings. The fourth-order valence-electron chi connectivity index (χ4n) is 6.75. The van der Waals surface area contributed by atoms with Crippen LogP contribution in [0.3, 0.4) is 0 Å². The molecule has 4 N–H and O–H groups in total. The molecule has 2 saturated carbocycles. The summed E-state index contributed by atoms with van der Waals surface area (Å²) >= 11 is 0. The molecule has 3 fully saturated rings. The van der Waals surface area contributed by atoms with Crippen LogP contribution in [-0.2, 0) is 4.74 Å². The highest BCUT2D eigenvalue weighted by atomic mass is 16.6. The van der Waals surface area contributed by atoms with Gasteiger partial charge in [0, 0.05) is 6.61 Å². The third kappa shape index (κ3) is 2.55. The van der Waals surface area contributed by atoms with Gasteiger partial charge in [0.15, 0.2) is 0 Å². The molecule has 9 atom stereocenters. The van der Waals surface area contributed by atoms with E-state index in [1.165, 1.54) is 5.57 Å². The maximum absolute atomic E-state index is 10.8. The zero-order valence-electron chi connectivity index (χ0n) is 16.7. The average molecular weight is 379 g/mol. The molecule has 5 heteroatoms. The summed E-state index contributed by atoms with van der Waals surface area (Å²) in [5.41, 5.74) is 0.538. The Kier molecular flexibility index (Phi) is 4.45. The Bertz CT molecular complexity index is 674. The van der Waals surface area contributed by atoms with Gasteiger partial charge < -0.3 is 25.2 Å². The molecule has 0 radical (unpaired) electrons. The van der Waals surface area contributed by atoms with E-state index in [9.17, 15) is 20.4 Å². The van der Waals surface area contributed by atoms with E-state index in [2.05, 4.69) is 33.4 Å². The van der Waals surface area contributed by atoms with Gasteiger partial charge in [-0.1, -0.05) is 38.5 Å². The molecule has 5 nitrogen and oxygen atoms in total. The van der Waals surface area contributed by atoms with Crippen molar-refractivity contribution in [3.8, 4) is 0 Å². The second-order valence-electron chi connectivity index (χ2n) is 10.1. The van der Waals surface area contributed by atoms with Gasteiger partial charge in [-0.05, 0) is 60.8 Å². The van der Waals surface area contributed by atoms with Crippen LogP contribution in [0.2, 0.25) is 0 Å². The van der Waals surface area contributed by atoms with Gasteiger partial charge in [-0.3, -0.25) is 0 Å². The SMILES string of the molecule is C=C1[C@@H](O)[C@H](O)[C@]2(C[C@@H]3C(C)=CC[C@@H]4[C@](C)(CO)CCC[C@@]34C)O[C@@H]2[C@H]1O. The van der Waals surface area contributed by atoms with Crippen molar-refractivity contribution in [2.45, 2.75) is 82.9 Å². The molecule has 1 aliphatic heterocycles. The lowest BCUT2D eigenvalue weighted by molar-refractivity contribution is -0.0896. The van der Waals surface area contributed by atoms with E-state index in [1.54, 1.807) is 0 Å². The summed E-state index contributed by atoms with van der Waals surface area (Å²) in [5.74, 6) is 0.560. The molecular formula is C22H34O5. The molecule has 0 aromatic carbocycles. The van der Waals surface area contributed by atoms with E-state index in [0.29, 0.717) is 12.3 Å².